The molecule has 0 aliphatic rings. The fourth-order valence-electron chi connectivity index (χ4n) is 2.43. The van der Waals surface area contributed by atoms with Crippen molar-refractivity contribution >= 4 is 46.6 Å². The molecule has 9 heteroatoms. The first kappa shape index (κ1) is 21.7. The first-order valence-corrected chi connectivity index (χ1v) is 10.8. The van der Waals surface area contributed by atoms with Crippen LogP contribution >= 0.6 is 35.7 Å². The first-order valence-electron chi connectivity index (χ1n) is 8.57. The summed E-state index contributed by atoms with van der Waals surface area (Å²) in [6.07, 6.45) is 2.47. The van der Waals surface area contributed by atoms with Gasteiger partial charge in [0.05, 0.1) is 18.6 Å². The van der Waals surface area contributed by atoms with Gasteiger partial charge in [0.2, 0.25) is 0 Å². The van der Waals surface area contributed by atoms with Crippen molar-refractivity contribution in [3.63, 3.8) is 0 Å². The Morgan fingerprint density at radius 1 is 1.33 bits per heavy atom. The van der Waals surface area contributed by atoms with Crippen LogP contribution in [0, 0.1) is 0 Å². The number of ether oxygens (including phenoxy) is 1. The number of hydrogen-bond acceptors (Lipinski definition) is 8. The van der Waals surface area contributed by atoms with Crippen molar-refractivity contribution in [2.24, 2.45) is 0 Å². The highest BCUT2D eigenvalue weighted by molar-refractivity contribution is 8.01. The number of aromatic nitrogens is 2. The summed E-state index contributed by atoms with van der Waals surface area (Å²) in [6, 6.07) is 3.35. The summed E-state index contributed by atoms with van der Waals surface area (Å²) < 4.78 is 6.64. The van der Waals surface area contributed by atoms with Crippen molar-refractivity contribution in [3.8, 4) is 11.5 Å². The van der Waals surface area contributed by atoms with Gasteiger partial charge in [0.15, 0.2) is 15.2 Å². The number of carbonyl (C=O) groups excluding carboxylic acids is 2. The topological polar surface area (TPSA) is 89.4 Å². The van der Waals surface area contributed by atoms with Gasteiger partial charge in [-0.1, -0.05) is 36.4 Å². The predicted octanol–water partition coefficient (Wildman–Crippen LogP) is 3.96. The van der Waals surface area contributed by atoms with E-state index in [9.17, 15) is 14.7 Å². The minimum Gasteiger partial charge on any atom is -0.507 e. The van der Waals surface area contributed by atoms with Gasteiger partial charge in [-0.3, -0.25) is 9.59 Å². The van der Waals surface area contributed by atoms with Gasteiger partial charge in [-0.2, -0.15) is 0 Å². The molecule has 1 aromatic heterocycles. The molecule has 0 aliphatic carbocycles. The molecule has 0 saturated heterocycles. The average Bonchev–Trinajstić information content (AvgIpc) is 3.03. The largest absolute Gasteiger partial charge is 0.507 e. The number of Topliss-reactive ketones (excluding diaryl/α,β-unsaturated/α-hetero) is 1. The molecule has 2 rings (SSSR count). The standard InChI is InChI=1S/C18H22N2O4S3/c1-3-5-13-14(7-6-12(11(2)21)17(13)23)24-8-4-9-26-18-20-19-15(27-18)10-16(22)25/h6-7,23H,3-5,8-10H2,1-2H3,(H,22,25). The van der Waals surface area contributed by atoms with Crippen molar-refractivity contribution in [3.05, 3.63) is 28.3 Å². The molecule has 0 amide bonds. The van der Waals surface area contributed by atoms with E-state index in [2.05, 4.69) is 22.8 Å². The molecule has 1 heterocycles. The molecule has 0 spiro atoms. The monoisotopic (exact) mass is 426 g/mol. The molecule has 2 aromatic rings. The van der Waals surface area contributed by atoms with Crippen LogP contribution in [0.15, 0.2) is 16.5 Å². The van der Waals surface area contributed by atoms with Crippen molar-refractivity contribution in [1.82, 2.24) is 10.2 Å². The summed E-state index contributed by atoms with van der Waals surface area (Å²) in [5.41, 5.74) is 1.01. The van der Waals surface area contributed by atoms with E-state index in [1.165, 1.54) is 18.3 Å². The third-order valence-electron chi connectivity index (χ3n) is 3.64. The highest BCUT2D eigenvalue weighted by Crippen LogP contribution is 2.33. The smallest absolute Gasteiger partial charge is 0.192 e. The lowest BCUT2D eigenvalue weighted by Gasteiger charge is -2.14. The van der Waals surface area contributed by atoms with Gasteiger partial charge >= 0.3 is 0 Å². The number of carbonyl (C=O) groups is 2. The van der Waals surface area contributed by atoms with Crippen LogP contribution in [0.25, 0.3) is 0 Å². The number of ketones is 1. The third-order valence-corrected chi connectivity index (χ3v) is 5.94. The van der Waals surface area contributed by atoms with E-state index >= 15 is 0 Å². The minimum atomic E-state index is -0.224. The van der Waals surface area contributed by atoms with Crippen LogP contribution in [0.5, 0.6) is 11.5 Å². The number of thioether (sulfide) groups is 1. The SMILES string of the molecule is CCCc1c(OCCCSc2nnc(CC(=O)S)s2)ccc(C(C)=O)c1O. The van der Waals surface area contributed by atoms with Gasteiger partial charge in [-0.05, 0) is 31.9 Å². The number of aromatic hydroxyl groups is 1. The zero-order valence-corrected chi connectivity index (χ0v) is 17.8. The lowest BCUT2D eigenvalue weighted by atomic mass is 10.0. The Morgan fingerprint density at radius 2 is 2.11 bits per heavy atom. The molecule has 27 heavy (non-hydrogen) atoms. The quantitative estimate of drug-likeness (QED) is 0.243. The molecular formula is C18H22N2O4S3. The third kappa shape index (κ3) is 6.51. The highest BCUT2D eigenvalue weighted by Gasteiger charge is 2.15. The fourth-order valence-corrected chi connectivity index (χ4v) is 4.56. The zero-order chi connectivity index (χ0) is 19.8. The van der Waals surface area contributed by atoms with Crippen molar-refractivity contribution in [2.45, 2.75) is 43.9 Å². The summed E-state index contributed by atoms with van der Waals surface area (Å²) in [5.74, 6) is 1.28. The molecule has 1 N–H and O–H groups in total. The van der Waals surface area contributed by atoms with Crippen LogP contribution in [0.3, 0.4) is 0 Å². The van der Waals surface area contributed by atoms with E-state index in [1.54, 1.807) is 23.9 Å². The summed E-state index contributed by atoms with van der Waals surface area (Å²) in [4.78, 5) is 22.5. The van der Waals surface area contributed by atoms with Crippen LogP contribution in [-0.4, -0.2) is 38.6 Å². The van der Waals surface area contributed by atoms with E-state index in [0.29, 0.717) is 34.9 Å². The maximum atomic E-state index is 11.6. The maximum absolute atomic E-state index is 11.6. The number of phenolic OH excluding ortho intramolecular Hbond substituents is 1. The van der Waals surface area contributed by atoms with E-state index < -0.39 is 0 Å². The van der Waals surface area contributed by atoms with Gasteiger partial charge < -0.3 is 9.84 Å². The highest BCUT2D eigenvalue weighted by atomic mass is 32.2. The molecular weight excluding hydrogens is 404 g/mol. The molecule has 0 unspecified atom stereocenters. The van der Waals surface area contributed by atoms with E-state index in [1.807, 2.05) is 6.92 Å². The Kier molecular flexibility index (Phi) is 8.59. The summed E-state index contributed by atoms with van der Waals surface area (Å²) in [7, 11) is 0. The molecule has 6 nitrogen and oxygen atoms in total. The number of phenols is 1. The second kappa shape index (κ2) is 10.7. The van der Waals surface area contributed by atoms with E-state index in [4.69, 9.17) is 4.74 Å². The fraction of sp³-hybridized carbons (Fsp3) is 0.444. The van der Waals surface area contributed by atoms with Crippen LogP contribution in [0.1, 0.15) is 47.6 Å². The Labute approximate surface area is 172 Å². The summed E-state index contributed by atoms with van der Waals surface area (Å²) in [5, 5.41) is 18.8. The molecule has 0 radical (unpaired) electrons. The van der Waals surface area contributed by atoms with Crippen LogP contribution < -0.4 is 4.74 Å². The van der Waals surface area contributed by atoms with Gasteiger partial charge in [0.1, 0.15) is 16.5 Å². The molecule has 146 valence electrons. The number of nitrogens with zero attached hydrogens (tertiary/aromatic N) is 2. The van der Waals surface area contributed by atoms with Crippen molar-refractivity contribution < 1.29 is 19.4 Å². The van der Waals surface area contributed by atoms with Gasteiger partial charge in [-0.15, -0.1) is 22.8 Å². The van der Waals surface area contributed by atoms with Gasteiger partial charge in [0.25, 0.3) is 0 Å². The van der Waals surface area contributed by atoms with Gasteiger partial charge in [0, 0.05) is 11.3 Å². The normalized spacial score (nSPS) is 10.8. The second-order valence-corrected chi connectivity index (χ2v) is 8.73. The number of benzene rings is 1. The zero-order valence-electron chi connectivity index (χ0n) is 15.2. The predicted molar refractivity (Wildman–Crippen MR) is 111 cm³/mol. The lowest BCUT2D eigenvalue weighted by Crippen LogP contribution is -2.04. The minimum absolute atomic E-state index is 0.0244. The van der Waals surface area contributed by atoms with E-state index in [0.717, 1.165) is 22.9 Å². The number of thiol groups is 1. The van der Waals surface area contributed by atoms with Crippen LogP contribution in [-0.2, 0) is 17.6 Å². The Hall–Kier alpha value is -1.58. The first-order chi connectivity index (χ1) is 12.9. The number of rotatable bonds is 11. The molecule has 0 aliphatic heterocycles. The van der Waals surface area contributed by atoms with E-state index in [-0.39, 0.29) is 23.1 Å². The molecule has 0 atom stereocenters. The average molecular weight is 427 g/mol. The maximum Gasteiger partial charge on any atom is 0.192 e. The molecule has 1 aromatic carbocycles. The summed E-state index contributed by atoms with van der Waals surface area (Å²) >= 11 is 6.70. The number of hydrogen-bond donors (Lipinski definition) is 2. The second-order valence-electron chi connectivity index (χ2n) is 5.83. The summed E-state index contributed by atoms with van der Waals surface area (Å²) in [6.45, 7) is 3.94. The van der Waals surface area contributed by atoms with Crippen LogP contribution in [0.2, 0.25) is 0 Å². The van der Waals surface area contributed by atoms with Crippen molar-refractivity contribution in [2.75, 3.05) is 12.4 Å². The Bertz CT molecular complexity index is 808. The Balaban J connectivity index is 1.86. The van der Waals surface area contributed by atoms with Crippen molar-refractivity contribution in [1.29, 1.82) is 0 Å². The van der Waals surface area contributed by atoms with Gasteiger partial charge in [-0.25, -0.2) is 0 Å². The Morgan fingerprint density at radius 3 is 2.78 bits per heavy atom. The lowest BCUT2D eigenvalue weighted by molar-refractivity contribution is -0.110. The molecule has 0 saturated carbocycles. The molecule has 0 bridgehead atoms. The van der Waals surface area contributed by atoms with Crippen LogP contribution in [0.4, 0.5) is 0 Å². The molecule has 0 fully saturated rings.